The first-order valence-corrected chi connectivity index (χ1v) is 12.8. The summed E-state index contributed by atoms with van der Waals surface area (Å²) in [5, 5.41) is 14.9. The van der Waals surface area contributed by atoms with Crippen molar-refractivity contribution in [2.45, 2.75) is 44.6 Å². The maximum atomic E-state index is 12.5. The molecule has 0 radical (unpaired) electrons. The van der Waals surface area contributed by atoms with Crippen LogP contribution in [0.1, 0.15) is 48.9 Å². The number of hydrogen-bond donors (Lipinski definition) is 3. The molecule has 0 bridgehead atoms. The van der Waals surface area contributed by atoms with E-state index in [9.17, 15) is 14.4 Å². The van der Waals surface area contributed by atoms with Gasteiger partial charge in [0.2, 0.25) is 5.91 Å². The van der Waals surface area contributed by atoms with Crippen molar-refractivity contribution in [2.24, 2.45) is 11.8 Å². The summed E-state index contributed by atoms with van der Waals surface area (Å²) in [6.07, 6.45) is 4.35. The molecule has 192 valence electrons. The number of benzene rings is 2. The van der Waals surface area contributed by atoms with Crippen LogP contribution >= 0.6 is 0 Å². The van der Waals surface area contributed by atoms with Crippen LogP contribution < -0.4 is 20.3 Å². The van der Waals surface area contributed by atoms with Crippen molar-refractivity contribution < 1.29 is 24.2 Å². The summed E-state index contributed by atoms with van der Waals surface area (Å²) >= 11 is 0. The number of carbonyl (C=O) groups excluding carboxylic acids is 2. The standard InChI is InChI=1S/C28H35N3O5/c32-26(20-6-10-24(11-7-20)36-25-12-8-22(9-13-25)28(34)35)29-16-17-30-27(33)21-14-18-31(19-15-21)23-4-2-1-3-5-23/h1-7,10-11,21-22,25H,8-9,12-19H2,(H,29,32)(H,30,33)(H,34,35)/t22-,25+. The average Bonchev–Trinajstić information content (AvgIpc) is 2.92. The Hall–Kier alpha value is -3.55. The lowest BCUT2D eigenvalue weighted by molar-refractivity contribution is -0.143. The van der Waals surface area contributed by atoms with Crippen LogP contribution in [0.4, 0.5) is 5.69 Å². The van der Waals surface area contributed by atoms with E-state index in [1.54, 1.807) is 24.3 Å². The fraction of sp³-hybridized carbons (Fsp3) is 0.464. The molecule has 0 unspecified atom stereocenters. The number of carboxylic acids is 1. The molecular formula is C28H35N3O5. The number of aliphatic carboxylic acids is 1. The fourth-order valence-electron chi connectivity index (χ4n) is 4.95. The predicted octanol–water partition coefficient (Wildman–Crippen LogP) is 3.47. The van der Waals surface area contributed by atoms with Crippen LogP contribution in [0, 0.1) is 11.8 Å². The monoisotopic (exact) mass is 493 g/mol. The minimum atomic E-state index is -0.729. The van der Waals surface area contributed by atoms with Gasteiger partial charge in [0.1, 0.15) is 5.75 Å². The van der Waals surface area contributed by atoms with E-state index in [2.05, 4.69) is 27.7 Å². The second-order valence-electron chi connectivity index (χ2n) is 9.60. The molecule has 36 heavy (non-hydrogen) atoms. The minimum Gasteiger partial charge on any atom is -0.490 e. The molecule has 1 heterocycles. The van der Waals surface area contributed by atoms with E-state index in [0.29, 0.717) is 37.2 Å². The maximum absolute atomic E-state index is 12.5. The van der Waals surface area contributed by atoms with E-state index in [4.69, 9.17) is 9.84 Å². The number of carboxylic acid groups (broad SMARTS) is 1. The number of ether oxygens (including phenoxy) is 1. The van der Waals surface area contributed by atoms with E-state index in [1.165, 1.54) is 5.69 Å². The molecule has 2 aliphatic rings. The number of para-hydroxylation sites is 1. The Balaban J connectivity index is 1.12. The number of anilines is 1. The molecule has 8 heteroatoms. The van der Waals surface area contributed by atoms with Crippen molar-refractivity contribution in [3.8, 4) is 5.75 Å². The molecule has 4 rings (SSSR count). The summed E-state index contributed by atoms with van der Waals surface area (Å²) in [6, 6.07) is 17.2. The normalized spacial score (nSPS) is 20.4. The zero-order valence-corrected chi connectivity index (χ0v) is 20.5. The Labute approximate surface area is 212 Å². The van der Waals surface area contributed by atoms with Crippen molar-refractivity contribution in [3.63, 3.8) is 0 Å². The Kier molecular flexibility index (Phi) is 8.81. The molecule has 1 aliphatic heterocycles. The highest BCUT2D eigenvalue weighted by Crippen LogP contribution is 2.28. The SMILES string of the molecule is O=C(NCCNC(=O)C1CCN(c2ccccc2)CC1)c1ccc(O[C@H]2CC[C@@H](C(=O)O)CC2)cc1. The van der Waals surface area contributed by atoms with E-state index in [0.717, 1.165) is 38.8 Å². The predicted molar refractivity (Wildman–Crippen MR) is 137 cm³/mol. The van der Waals surface area contributed by atoms with Crippen molar-refractivity contribution in [1.82, 2.24) is 10.6 Å². The largest absolute Gasteiger partial charge is 0.490 e. The molecule has 2 aromatic carbocycles. The maximum Gasteiger partial charge on any atom is 0.306 e. The quantitative estimate of drug-likeness (QED) is 0.462. The molecule has 2 aromatic rings. The zero-order chi connectivity index (χ0) is 25.3. The van der Waals surface area contributed by atoms with Gasteiger partial charge in [0.25, 0.3) is 5.91 Å². The van der Waals surface area contributed by atoms with Gasteiger partial charge in [0.15, 0.2) is 0 Å². The van der Waals surface area contributed by atoms with E-state index in [1.807, 2.05) is 18.2 Å². The number of piperidine rings is 1. The van der Waals surface area contributed by atoms with Crippen LogP contribution in [-0.4, -0.2) is 55.2 Å². The molecule has 2 amide bonds. The zero-order valence-electron chi connectivity index (χ0n) is 20.5. The van der Waals surface area contributed by atoms with E-state index < -0.39 is 5.97 Å². The first-order valence-electron chi connectivity index (χ1n) is 12.8. The minimum absolute atomic E-state index is 0.00684. The van der Waals surface area contributed by atoms with Gasteiger partial charge in [-0.2, -0.15) is 0 Å². The molecule has 1 aliphatic carbocycles. The van der Waals surface area contributed by atoms with Crippen molar-refractivity contribution in [3.05, 3.63) is 60.2 Å². The number of nitrogens with zero attached hydrogens (tertiary/aromatic N) is 1. The van der Waals surface area contributed by atoms with Gasteiger partial charge in [-0.15, -0.1) is 0 Å². The number of hydrogen-bond acceptors (Lipinski definition) is 5. The summed E-state index contributed by atoms with van der Waals surface area (Å²) in [6.45, 7) is 2.48. The van der Waals surface area contributed by atoms with Crippen LogP contribution in [0.5, 0.6) is 5.75 Å². The van der Waals surface area contributed by atoms with Crippen molar-refractivity contribution >= 4 is 23.5 Å². The lowest BCUT2D eigenvalue weighted by Gasteiger charge is -2.33. The first-order chi connectivity index (χ1) is 17.5. The molecule has 1 saturated carbocycles. The van der Waals surface area contributed by atoms with Crippen LogP contribution in [0.2, 0.25) is 0 Å². The number of rotatable bonds is 9. The van der Waals surface area contributed by atoms with Gasteiger partial charge in [-0.3, -0.25) is 14.4 Å². The van der Waals surface area contributed by atoms with Gasteiger partial charge in [-0.05, 0) is 74.9 Å². The third kappa shape index (κ3) is 6.99. The molecule has 3 N–H and O–H groups in total. The highest BCUT2D eigenvalue weighted by Gasteiger charge is 2.27. The molecule has 8 nitrogen and oxygen atoms in total. The molecule has 0 aromatic heterocycles. The van der Waals surface area contributed by atoms with Crippen LogP contribution in [0.15, 0.2) is 54.6 Å². The van der Waals surface area contributed by atoms with Gasteiger partial charge in [-0.25, -0.2) is 0 Å². The van der Waals surface area contributed by atoms with Crippen molar-refractivity contribution in [1.29, 1.82) is 0 Å². The average molecular weight is 494 g/mol. The summed E-state index contributed by atoms with van der Waals surface area (Å²) in [7, 11) is 0. The van der Waals surface area contributed by atoms with E-state index in [-0.39, 0.29) is 29.8 Å². The topological polar surface area (TPSA) is 108 Å². The van der Waals surface area contributed by atoms with Gasteiger partial charge < -0.3 is 25.4 Å². The first kappa shape index (κ1) is 25.5. The summed E-state index contributed by atoms with van der Waals surface area (Å²) in [5.41, 5.74) is 1.72. The summed E-state index contributed by atoms with van der Waals surface area (Å²) < 4.78 is 5.96. The van der Waals surface area contributed by atoms with Gasteiger partial charge >= 0.3 is 5.97 Å². The molecule has 0 spiro atoms. The van der Waals surface area contributed by atoms with Crippen LogP contribution in [0.3, 0.4) is 0 Å². The summed E-state index contributed by atoms with van der Waals surface area (Å²) in [5.74, 6) is -0.464. The Morgan fingerprint density at radius 2 is 1.44 bits per heavy atom. The van der Waals surface area contributed by atoms with Gasteiger partial charge in [-0.1, -0.05) is 18.2 Å². The number of amides is 2. The lowest BCUT2D eigenvalue weighted by Crippen LogP contribution is -2.42. The van der Waals surface area contributed by atoms with E-state index >= 15 is 0 Å². The molecule has 1 saturated heterocycles. The number of nitrogens with one attached hydrogen (secondary N) is 2. The molecule has 2 fully saturated rings. The van der Waals surface area contributed by atoms with Crippen molar-refractivity contribution in [2.75, 3.05) is 31.1 Å². The fourth-order valence-corrected chi connectivity index (χ4v) is 4.95. The van der Waals surface area contributed by atoms with Gasteiger partial charge in [0, 0.05) is 43.3 Å². The van der Waals surface area contributed by atoms with Crippen LogP contribution in [0.25, 0.3) is 0 Å². The van der Waals surface area contributed by atoms with Crippen LogP contribution in [-0.2, 0) is 9.59 Å². The van der Waals surface area contributed by atoms with Gasteiger partial charge in [0.05, 0.1) is 12.0 Å². The Bertz CT molecular complexity index is 1010. The molecule has 0 atom stereocenters. The Morgan fingerprint density at radius 1 is 0.806 bits per heavy atom. The second kappa shape index (κ2) is 12.4. The molecular weight excluding hydrogens is 458 g/mol. The third-order valence-electron chi connectivity index (χ3n) is 7.14. The second-order valence-corrected chi connectivity index (χ2v) is 9.60. The highest BCUT2D eigenvalue weighted by molar-refractivity contribution is 5.94. The Morgan fingerprint density at radius 3 is 2.08 bits per heavy atom. The summed E-state index contributed by atoms with van der Waals surface area (Å²) in [4.78, 5) is 38.3. The highest BCUT2D eigenvalue weighted by atomic mass is 16.5. The smallest absolute Gasteiger partial charge is 0.306 e. The lowest BCUT2D eigenvalue weighted by atomic mass is 9.87. The number of carbonyl (C=O) groups is 3. The third-order valence-corrected chi connectivity index (χ3v) is 7.14.